The minimum absolute atomic E-state index is 0.195. The molecule has 2 aromatic rings. The zero-order chi connectivity index (χ0) is 19.7. The highest BCUT2D eigenvalue weighted by molar-refractivity contribution is 5.81. The molecule has 1 fully saturated rings. The molecule has 27 heavy (non-hydrogen) atoms. The van der Waals surface area contributed by atoms with Gasteiger partial charge in [0.15, 0.2) is 17.7 Å². The fourth-order valence-corrected chi connectivity index (χ4v) is 3.14. The van der Waals surface area contributed by atoms with Crippen molar-refractivity contribution in [1.29, 1.82) is 0 Å². The van der Waals surface area contributed by atoms with Gasteiger partial charge in [-0.25, -0.2) is 15.0 Å². The molecule has 12 nitrogen and oxygen atoms in total. The van der Waals surface area contributed by atoms with Gasteiger partial charge in [0.25, 0.3) is 0 Å². The van der Waals surface area contributed by atoms with E-state index < -0.39 is 42.6 Å². The molecule has 148 valence electrons. The lowest BCUT2D eigenvalue weighted by Gasteiger charge is -2.20. The molecule has 0 bridgehead atoms. The maximum absolute atomic E-state index is 10.8. The number of imidazole rings is 1. The lowest BCUT2D eigenvalue weighted by Crippen LogP contribution is -2.37. The van der Waals surface area contributed by atoms with Crippen molar-refractivity contribution >= 4 is 23.0 Å². The second kappa shape index (κ2) is 7.70. The summed E-state index contributed by atoms with van der Waals surface area (Å²) in [5, 5.41) is 29.5. The van der Waals surface area contributed by atoms with Crippen molar-refractivity contribution in [2.45, 2.75) is 55.9 Å². The summed E-state index contributed by atoms with van der Waals surface area (Å²) in [6.45, 7) is 0. The van der Waals surface area contributed by atoms with Gasteiger partial charge in [0, 0.05) is 6.04 Å². The number of ether oxygens (including phenoxy) is 1. The molecule has 0 amide bonds. The van der Waals surface area contributed by atoms with Crippen molar-refractivity contribution < 1.29 is 24.9 Å². The van der Waals surface area contributed by atoms with Crippen LogP contribution in [0.5, 0.6) is 0 Å². The SMILES string of the molecule is Nc1ncnc2c1ncn2C1O[C@H](C[C@@H](N)CC[C@H](N)C(=O)O)[C@@H](O)[C@H]1O. The number of aliphatic hydroxyl groups excluding tert-OH is 2. The Kier molecular flexibility index (Phi) is 5.53. The van der Waals surface area contributed by atoms with E-state index >= 15 is 0 Å². The van der Waals surface area contributed by atoms with Gasteiger partial charge in [-0.1, -0.05) is 0 Å². The summed E-state index contributed by atoms with van der Waals surface area (Å²) in [5.74, 6) is -0.900. The lowest BCUT2D eigenvalue weighted by atomic mass is 9.98. The molecule has 1 unspecified atom stereocenters. The molecular weight excluding hydrogens is 358 g/mol. The third kappa shape index (κ3) is 3.84. The van der Waals surface area contributed by atoms with Gasteiger partial charge in [-0.15, -0.1) is 0 Å². The Morgan fingerprint density at radius 1 is 1.22 bits per heavy atom. The van der Waals surface area contributed by atoms with Crippen molar-refractivity contribution in [1.82, 2.24) is 19.5 Å². The van der Waals surface area contributed by atoms with Crippen molar-refractivity contribution in [3.63, 3.8) is 0 Å². The molecule has 3 rings (SSSR count). The van der Waals surface area contributed by atoms with Gasteiger partial charge in [-0.2, -0.15) is 0 Å². The Labute approximate surface area is 154 Å². The van der Waals surface area contributed by atoms with Gasteiger partial charge in [0.2, 0.25) is 0 Å². The minimum atomic E-state index is -1.22. The Bertz CT molecular complexity index is 815. The van der Waals surface area contributed by atoms with E-state index in [1.54, 1.807) is 0 Å². The van der Waals surface area contributed by atoms with Crippen molar-refractivity contribution in [3.8, 4) is 0 Å². The van der Waals surface area contributed by atoms with Crippen LogP contribution in [0.2, 0.25) is 0 Å². The van der Waals surface area contributed by atoms with Gasteiger partial charge >= 0.3 is 5.97 Å². The minimum Gasteiger partial charge on any atom is -0.480 e. The molecule has 1 saturated heterocycles. The number of carbonyl (C=O) groups is 1. The largest absolute Gasteiger partial charge is 0.480 e. The maximum atomic E-state index is 10.8. The third-order valence-electron chi connectivity index (χ3n) is 4.70. The van der Waals surface area contributed by atoms with Gasteiger partial charge in [-0.3, -0.25) is 9.36 Å². The number of nitrogen functional groups attached to an aromatic ring is 1. The first kappa shape index (κ1) is 19.4. The lowest BCUT2D eigenvalue weighted by molar-refractivity contribution is -0.138. The zero-order valence-electron chi connectivity index (χ0n) is 14.4. The van der Waals surface area contributed by atoms with Crippen LogP contribution >= 0.6 is 0 Å². The molecule has 1 aliphatic rings. The van der Waals surface area contributed by atoms with Crippen LogP contribution in [-0.4, -0.2) is 71.2 Å². The van der Waals surface area contributed by atoms with Crippen molar-refractivity contribution in [2.24, 2.45) is 11.5 Å². The van der Waals surface area contributed by atoms with E-state index in [1.807, 2.05) is 0 Å². The number of hydrogen-bond acceptors (Lipinski definition) is 10. The first-order valence-corrected chi connectivity index (χ1v) is 8.48. The molecule has 0 radical (unpaired) electrons. The second-order valence-corrected chi connectivity index (χ2v) is 6.65. The summed E-state index contributed by atoms with van der Waals surface area (Å²) in [4.78, 5) is 22.8. The highest BCUT2D eigenvalue weighted by Gasteiger charge is 2.44. The van der Waals surface area contributed by atoms with E-state index in [4.69, 9.17) is 27.0 Å². The number of nitrogens with two attached hydrogens (primary N) is 3. The molecule has 1 aliphatic heterocycles. The van der Waals surface area contributed by atoms with E-state index in [-0.39, 0.29) is 18.7 Å². The molecular formula is C15H23N7O5. The van der Waals surface area contributed by atoms with E-state index in [0.717, 1.165) is 0 Å². The van der Waals surface area contributed by atoms with Crippen LogP contribution in [0.3, 0.4) is 0 Å². The number of nitrogens with zero attached hydrogens (tertiary/aromatic N) is 4. The number of carboxylic acid groups (broad SMARTS) is 1. The molecule has 0 saturated carbocycles. The number of aromatic nitrogens is 4. The van der Waals surface area contributed by atoms with Crippen LogP contribution in [0.15, 0.2) is 12.7 Å². The molecule has 0 aliphatic carbocycles. The average Bonchev–Trinajstić information content (AvgIpc) is 3.17. The van der Waals surface area contributed by atoms with Crippen LogP contribution in [-0.2, 0) is 9.53 Å². The molecule has 12 heteroatoms. The standard InChI is InChI=1S/C15H23N7O5/c16-6(1-2-7(17)15(25)26)3-8-10(23)11(24)14(27-8)22-5-21-9-12(18)19-4-20-13(9)22/h4-8,10-11,14,23-24H,1-3,16-17H2,(H,25,26)(H2,18,19,20)/t6-,7-,8+,10+,11+,14?/m0/s1. The predicted molar refractivity (Wildman–Crippen MR) is 93.1 cm³/mol. The predicted octanol–water partition coefficient (Wildman–Crippen LogP) is -2.06. The van der Waals surface area contributed by atoms with E-state index in [1.165, 1.54) is 17.2 Å². The molecule has 9 N–H and O–H groups in total. The smallest absolute Gasteiger partial charge is 0.320 e. The fraction of sp³-hybridized carbons (Fsp3) is 0.600. The third-order valence-corrected chi connectivity index (χ3v) is 4.70. The van der Waals surface area contributed by atoms with Gasteiger partial charge in [-0.05, 0) is 19.3 Å². The summed E-state index contributed by atoms with van der Waals surface area (Å²) < 4.78 is 7.28. The summed E-state index contributed by atoms with van der Waals surface area (Å²) in [6.07, 6.45) is -0.604. The number of anilines is 1. The van der Waals surface area contributed by atoms with Crippen LogP contribution in [0.25, 0.3) is 11.2 Å². The molecule has 3 heterocycles. The molecule has 2 aromatic heterocycles. The quantitative estimate of drug-likeness (QED) is 0.307. The first-order chi connectivity index (χ1) is 12.8. The topological polar surface area (TPSA) is 209 Å². The summed E-state index contributed by atoms with van der Waals surface area (Å²) in [7, 11) is 0. The Morgan fingerprint density at radius 3 is 2.67 bits per heavy atom. The van der Waals surface area contributed by atoms with Crippen LogP contribution < -0.4 is 17.2 Å². The van der Waals surface area contributed by atoms with Gasteiger partial charge < -0.3 is 37.3 Å². The number of hydrogen-bond donors (Lipinski definition) is 6. The van der Waals surface area contributed by atoms with Gasteiger partial charge in [0.05, 0.1) is 12.4 Å². The Morgan fingerprint density at radius 2 is 1.96 bits per heavy atom. The van der Waals surface area contributed by atoms with Crippen LogP contribution in [0, 0.1) is 0 Å². The van der Waals surface area contributed by atoms with Crippen molar-refractivity contribution in [2.75, 3.05) is 5.73 Å². The average molecular weight is 381 g/mol. The molecule has 0 aromatic carbocycles. The Balaban J connectivity index is 1.68. The number of fused-ring (bicyclic) bond motifs is 1. The van der Waals surface area contributed by atoms with E-state index in [9.17, 15) is 15.0 Å². The highest BCUT2D eigenvalue weighted by Crippen LogP contribution is 2.33. The maximum Gasteiger partial charge on any atom is 0.320 e. The summed E-state index contributed by atoms with van der Waals surface area (Å²) in [6, 6.07) is -1.44. The summed E-state index contributed by atoms with van der Waals surface area (Å²) in [5.41, 5.74) is 18.0. The first-order valence-electron chi connectivity index (χ1n) is 8.48. The highest BCUT2D eigenvalue weighted by atomic mass is 16.6. The van der Waals surface area contributed by atoms with Crippen LogP contribution in [0.4, 0.5) is 5.82 Å². The fourth-order valence-electron chi connectivity index (χ4n) is 3.14. The van der Waals surface area contributed by atoms with E-state index in [0.29, 0.717) is 17.6 Å². The summed E-state index contributed by atoms with van der Waals surface area (Å²) >= 11 is 0. The second-order valence-electron chi connectivity index (χ2n) is 6.65. The van der Waals surface area contributed by atoms with Crippen LogP contribution in [0.1, 0.15) is 25.5 Å². The normalized spacial score (nSPS) is 27.7. The number of rotatable bonds is 7. The van der Waals surface area contributed by atoms with Gasteiger partial charge in [0.1, 0.15) is 30.1 Å². The number of carboxylic acids is 1. The van der Waals surface area contributed by atoms with Crippen molar-refractivity contribution in [3.05, 3.63) is 12.7 Å². The number of aliphatic hydroxyl groups is 2. The van der Waals surface area contributed by atoms with E-state index in [2.05, 4.69) is 15.0 Å². The molecule has 0 spiro atoms. The zero-order valence-corrected chi connectivity index (χ0v) is 14.4. The molecule has 6 atom stereocenters. The Hall–Kier alpha value is -2.38. The monoisotopic (exact) mass is 381 g/mol. The number of aliphatic carboxylic acids is 1.